The second-order valence-corrected chi connectivity index (χ2v) is 8.92. The maximum Gasteiger partial charge on any atom is 0.410 e. The van der Waals surface area contributed by atoms with Crippen molar-refractivity contribution in [1.82, 2.24) is 10.2 Å². The average Bonchev–Trinajstić information content (AvgIpc) is 2.53. The van der Waals surface area contributed by atoms with Gasteiger partial charge in [-0.15, -0.1) is 0 Å². The Labute approximate surface area is 159 Å². The van der Waals surface area contributed by atoms with Crippen molar-refractivity contribution in [1.29, 1.82) is 0 Å². The van der Waals surface area contributed by atoms with E-state index in [-0.39, 0.29) is 43.1 Å². The molecular formula is C18H30N2O5S. The Kier molecular flexibility index (Phi) is 7.61. The number of hydrogen-bond acceptors (Lipinski definition) is 6. The molecule has 0 aliphatic carbocycles. The molecule has 0 saturated carbocycles. The second kappa shape index (κ2) is 9.48. The lowest BCUT2D eigenvalue weighted by molar-refractivity contribution is -0.144. The molecular weight excluding hydrogens is 356 g/mol. The van der Waals surface area contributed by atoms with Gasteiger partial charge in [0, 0.05) is 43.0 Å². The molecule has 2 rings (SSSR count). The molecule has 0 radical (unpaired) electrons. The molecule has 2 heterocycles. The highest BCUT2D eigenvalue weighted by molar-refractivity contribution is 7.99. The zero-order valence-electron chi connectivity index (χ0n) is 15.9. The minimum absolute atomic E-state index is 0.00119. The molecule has 0 spiro atoms. The number of ether oxygens (including phenoxy) is 2. The van der Waals surface area contributed by atoms with Crippen molar-refractivity contribution in [2.45, 2.75) is 70.6 Å². The summed E-state index contributed by atoms with van der Waals surface area (Å²) in [6.45, 7) is 6.47. The molecule has 2 saturated heterocycles. The number of nitrogens with zero attached hydrogens (tertiary/aromatic N) is 1. The van der Waals surface area contributed by atoms with Crippen LogP contribution in [0.1, 0.15) is 52.9 Å². The van der Waals surface area contributed by atoms with Gasteiger partial charge < -0.3 is 19.7 Å². The summed E-state index contributed by atoms with van der Waals surface area (Å²) in [5, 5.41) is 2.82. The van der Waals surface area contributed by atoms with Gasteiger partial charge in [-0.25, -0.2) is 4.79 Å². The molecule has 7 nitrogen and oxygen atoms in total. The number of amides is 2. The first-order chi connectivity index (χ1) is 12.2. The summed E-state index contributed by atoms with van der Waals surface area (Å²) in [6.07, 6.45) is 2.65. The van der Waals surface area contributed by atoms with Crippen LogP contribution in [-0.4, -0.2) is 65.2 Å². The lowest BCUT2D eigenvalue weighted by Crippen LogP contribution is -2.48. The summed E-state index contributed by atoms with van der Waals surface area (Å²) in [4.78, 5) is 37.4. The molecule has 0 aromatic carbocycles. The number of carbonyl (C=O) groups is 3. The molecule has 0 aromatic heterocycles. The van der Waals surface area contributed by atoms with Gasteiger partial charge in [0.15, 0.2) is 0 Å². The lowest BCUT2D eigenvalue weighted by atomic mass is 10.0. The van der Waals surface area contributed by atoms with E-state index in [0.29, 0.717) is 19.4 Å². The van der Waals surface area contributed by atoms with Gasteiger partial charge in [0.1, 0.15) is 5.60 Å². The van der Waals surface area contributed by atoms with Crippen LogP contribution in [0.5, 0.6) is 0 Å². The predicted octanol–water partition coefficient (Wildman–Crippen LogP) is 2.33. The van der Waals surface area contributed by atoms with Gasteiger partial charge in [-0.1, -0.05) is 0 Å². The Morgan fingerprint density at radius 2 is 2.12 bits per heavy atom. The van der Waals surface area contributed by atoms with Gasteiger partial charge in [0.2, 0.25) is 5.91 Å². The third-order valence-electron chi connectivity index (χ3n) is 4.30. The maximum atomic E-state index is 12.4. The van der Waals surface area contributed by atoms with Crippen molar-refractivity contribution in [2.24, 2.45) is 0 Å². The molecule has 8 heteroatoms. The Balaban J connectivity index is 1.74. The Morgan fingerprint density at radius 1 is 1.35 bits per heavy atom. The molecule has 1 N–H and O–H groups in total. The van der Waals surface area contributed by atoms with Crippen LogP contribution in [0.4, 0.5) is 4.79 Å². The first-order valence-corrected chi connectivity index (χ1v) is 10.4. The standard InChI is InChI=1S/C18H30N2O5S/c1-18(2,3)25-17(23)20-8-10-26-12-14(20)7-9-24-16(22)11-13-5-4-6-15(21)19-13/h13-14H,4-12H2,1-3H3,(H,19,21). The van der Waals surface area contributed by atoms with Crippen molar-refractivity contribution >= 4 is 29.7 Å². The van der Waals surface area contributed by atoms with Crippen LogP contribution in [0.2, 0.25) is 0 Å². The number of carbonyl (C=O) groups excluding carboxylic acids is 3. The summed E-state index contributed by atoms with van der Waals surface area (Å²) < 4.78 is 10.8. The van der Waals surface area contributed by atoms with E-state index in [4.69, 9.17) is 9.47 Å². The minimum Gasteiger partial charge on any atom is -0.466 e. The second-order valence-electron chi connectivity index (χ2n) is 7.77. The van der Waals surface area contributed by atoms with E-state index in [1.807, 2.05) is 20.8 Å². The normalized spacial score (nSPS) is 24.0. The van der Waals surface area contributed by atoms with Crippen molar-refractivity contribution in [3.05, 3.63) is 0 Å². The number of hydrogen-bond donors (Lipinski definition) is 1. The fourth-order valence-corrected chi connectivity index (χ4v) is 4.17. The minimum atomic E-state index is -0.525. The Hall–Kier alpha value is -1.44. The van der Waals surface area contributed by atoms with E-state index in [1.165, 1.54) is 0 Å². The third kappa shape index (κ3) is 7.05. The molecule has 2 aliphatic heterocycles. The molecule has 0 aromatic rings. The summed E-state index contributed by atoms with van der Waals surface area (Å²) in [6, 6.07) is -0.113. The molecule has 0 bridgehead atoms. The quantitative estimate of drug-likeness (QED) is 0.730. The number of piperidine rings is 1. The monoisotopic (exact) mass is 386 g/mol. The highest BCUT2D eigenvalue weighted by Gasteiger charge is 2.31. The first kappa shape index (κ1) is 20.9. The molecule has 26 heavy (non-hydrogen) atoms. The van der Waals surface area contributed by atoms with Crippen LogP contribution in [0.25, 0.3) is 0 Å². The number of esters is 1. The van der Waals surface area contributed by atoms with E-state index in [0.717, 1.165) is 24.3 Å². The largest absolute Gasteiger partial charge is 0.466 e. The Bertz CT molecular complexity index is 520. The molecule has 2 atom stereocenters. The predicted molar refractivity (Wildman–Crippen MR) is 100 cm³/mol. The molecule has 148 valence electrons. The van der Waals surface area contributed by atoms with E-state index in [1.54, 1.807) is 16.7 Å². The zero-order chi connectivity index (χ0) is 19.2. The van der Waals surface area contributed by atoms with Crippen LogP contribution >= 0.6 is 11.8 Å². The first-order valence-electron chi connectivity index (χ1n) is 9.27. The van der Waals surface area contributed by atoms with E-state index >= 15 is 0 Å². The molecule has 2 unspecified atom stereocenters. The number of rotatable bonds is 5. The van der Waals surface area contributed by atoms with Gasteiger partial charge in [0.05, 0.1) is 13.0 Å². The summed E-state index contributed by atoms with van der Waals surface area (Å²) >= 11 is 1.79. The zero-order valence-corrected chi connectivity index (χ0v) is 16.7. The average molecular weight is 387 g/mol. The molecule has 2 amide bonds. The van der Waals surface area contributed by atoms with E-state index in [2.05, 4.69) is 5.32 Å². The summed E-state index contributed by atoms with van der Waals surface area (Å²) in [5.74, 6) is 1.40. The van der Waals surface area contributed by atoms with Crippen molar-refractivity contribution in [2.75, 3.05) is 24.7 Å². The van der Waals surface area contributed by atoms with Gasteiger partial charge in [0.25, 0.3) is 0 Å². The van der Waals surface area contributed by atoms with Crippen molar-refractivity contribution in [3.63, 3.8) is 0 Å². The number of nitrogens with one attached hydrogen (secondary N) is 1. The van der Waals surface area contributed by atoms with Crippen LogP contribution in [0.15, 0.2) is 0 Å². The molecule has 2 fully saturated rings. The third-order valence-corrected chi connectivity index (χ3v) is 5.40. The molecule has 2 aliphatic rings. The van der Waals surface area contributed by atoms with E-state index in [9.17, 15) is 14.4 Å². The van der Waals surface area contributed by atoms with Crippen LogP contribution in [0, 0.1) is 0 Å². The highest BCUT2D eigenvalue weighted by Crippen LogP contribution is 2.22. The summed E-state index contributed by atoms with van der Waals surface area (Å²) in [5.41, 5.74) is -0.525. The van der Waals surface area contributed by atoms with Gasteiger partial charge in [-0.3, -0.25) is 9.59 Å². The summed E-state index contributed by atoms with van der Waals surface area (Å²) in [7, 11) is 0. The smallest absolute Gasteiger partial charge is 0.410 e. The van der Waals surface area contributed by atoms with Crippen LogP contribution in [-0.2, 0) is 19.1 Å². The van der Waals surface area contributed by atoms with Crippen LogP contribution in [0.3, 0.4) is 0 Å². The highest BCUT2D eigenvalue weighted by atomic mass is 32.2. The van der Waals surface area contributed by atoms with E-state index < -0.39 is 5.60 Å². The van der Waals surface area contributed by atoms with Crippen molar-refractivity contribution in [3.8, 4) is 0 Å². The Morgan fingerprint density at radius 3 is 2.81 bits per heavy atom. The van der Waals surface area contributed by atoms with Gasteiger partial charge in [-0.2, -0.15) is 11.8 Å². The van der Waals surface area contributed by atoms with Gasteiger partial charge >= 0.3 is 12.1 Å². The lowest BCUT2D eigenvalue weighted by Gasteiger charge is -2.36. The number of thioether (sulfide) groups is 1. The maximum absolute atomic E-state index is 12.4. The van der Waals surface area contributed by atoms with Gasteiger partial charge in [-0.05, 0) is 33.6 Å². The van der Waals surface area contributed by atoms with Crippen molar-refractivity contribution < 1.29 is 23.9 Å². The SMILES string of the molecule is CC(C)(C)OC(=O)N1CCSCC1CCOC(=O)CC1CCCC(=O)N1. The topological polar surface area (TPSA) is 84.9 Å². The van der Waals surface area contributed by atoms with Crippen LogP contribution < -0.4 is 5.32 Å². The fourth-order valence-electron chi connectivity index (χ4n) is 3.06. The fraction of sp³-hybridized carbons (Fsp3) is 0.833.